The molecule has 0 aromatic heterocycles. The van der Waals surface area contributed by atoms with Crippen molar-refractivity contribution in [2.24, 2.45) is 0 Å². The molecule has 1 saturated heterocycles. The molecular weight excluding hydrogens is 432 g/mol. The number of carbonyl (C=O) groups is 4. The molecule has 3 amide bonds. The van der Waals surface area contributed by atoms with Crippen LogP contribution < -0.4 is 5.32 Å². The first kappa shape index (κ1) is 22.9. The summed E-state index contributed by atoms with van der Waals surface area (Å²) in [5.74, 6) is -1.62. The van der Waals surface area contributed by atoms with Gasteiger partial charge in [-0.2, -0.15) is 0 Å². The highest BCUT2D eigenvalue weighted by atomic mass is 16.6. The average Bonchev–Trinajstić information content (AvgIpc) is 3.13. The van der Waals surface area contributed by atoms with E-state index in [-0.39, 0.29) is 6.42 Å². The molecule has 1 aliphatic rings. The third-order valence-electron chi connectivity index (χ3n) is 5.94. The molecule has 0 bridgehead atoms. The summed E-state index contributed by atoms with van der Waals surface area (Å²) < 4.78 is 5.57. The van der Waals surface area contributed by atoms with Crippen molar-refractivity contribution in [1.29, 1.82) is 0 Å². The fourth-order valence-electron chi connectivity index (χ4n) is 4.07. The second-order valence-electron chi connectivity index (χ2n) is 8.12. The number of hydrogen-bond acceptors (Lipinski definition) is 5. The molecule has 4 rings (SSSR count). The standard InChI is InChI=1S/C27H24N2O5/c1-19(21-13-7-3-8-14-21)29-25(32)27(34-26(29)33,17-20-11-5-2-6-12-20)24(31)28-23(18-30)22-15-9-4-10-16-22/h2-16,18-19,23H,17H2,1H3,(H,28,31). The topological polar surface area (TPSA) is 92.8 Å². The Balaban J connectivity index is 1.70. The maximum atomic E-state index is 13.7. The van der Waals surface area contributed by atoms with E-state index in [0.29, 0.717) is 17.4 Å². The number of imide groups is 1. The summed E-state index contributed by atoms with van der Waals surface area (Å²) in [6.45, 7) is 1.70. The first-order valence-corrected chi connectivity index (χ1v) is 10.9. The molecule has 0 aliphatic carbocycles. The molecule has 7 heteroatoms. The lowest BCUT2D eigenvalue weighted by Gasteiger charge is -2.27. The van der Waals surface area contributed by atoms with Crippen LogP contribution in [0.25, 0.3) is 0 Å². The predicted octanol–water partition coefficient (Wildman–Crippen LogP) is 3.76. The number of benzene rings is 3. The summed E-state index contributed by atoms with van der Waals surface area (Å²) in [7, 11) is 0. The van der Waals surface area contributed by atoms with Crippen molar-refractivity contribution in [3.63, 3.8) is 0 Å². The van der Waals surface area contributed by atoms with E-state index in [9.17, 15) is 19.2 Å². The Labute approximate surface area is 197 Å². The number of aldehydes is 1. The van der Waals surface area contributed by atoms with Gasteiger partial charge in [0.2, 0.25) is 0 Å². The molecule has 7 nitrogen and oxygen atoms in total. The Kier molecular flexibility index (Phi) is 6.54. The van der Waals surface area contributed by atoms with E-state index in [1.165, 1.54) is 0 Å². The minimum atomic E-state index is -2.14. The second-order valence-corrected chi connectivity index (χ2v) is 8.12. The van der Waals surface area contributed by atoms with Crippen molar-refractivity contribution in [1.82, 2.24) is 10.2 Å². The van der Waals surface area contributed by atoms with Gasteiger partial charge in [0, 0.05) is 6.42 Å². The van der Waals surface area contributed by atoms with Crippen LogP contribution in [0.15, 0.2) is 91.0 Å². The van der Waals surface area contributed by atoms with Gasteiger partial charge in [-0.25, -0.2) is 9.69 Å². The number of ether oxygens (including phenoxy) is 1. The normalized spacial score (nSPS) is 19.3. The Morgan fingerprint density at radius 3 is 2.00 bits per heavy atom. The highest BCUT2D eigenvalue weighted by Gasteiger charge is 2.60. The minimum absolute atomic E-state index is 0.164. The number of nitrogens with zero attached hydrogens (tertiary/aromatic N) is 1. The molecule has 3 unspecified atom stereocenters. The quantitative estimate of drug-likeness (QED) is 0.412. The van der Waals surface area contributed by atoms with Gasteiger partial charge in [0.05, 0.1) is 6.04 Å². The van der Waals surface area contributed by atoms with Gasteiger partial charge in [0.15, 0.2) is 0 Å². The lowest BCUT2D eigenvalue weighted by Crippen LogP contribution is -2.55. The zero-order valence-corrected chi connectivity index (χ0v) is 18.6. The number of nitrogens with one attached hydrogen (secondary N) is 1. The van der Waals surface area contributed by atoms with Gasteiger partial charge < -0.3 is 14.8 Å². The molecule has 1 N–H and O–H groups in total. The number of carbonyl (C=O) groups excluding carboxylic acids is 4. The van der Waals surface area contributed by atoms with Crippen LogP contribution >= 0.6 is 0 Å². The SMILES string of the molecule is CC(c1ccccc1)N1C(=O)OC(Cc2ccccc2)(C(=O)NC(C=O)c2ccccc2)C1=O. The molecule has 0 saturated carbocycles. The first-order valence-electron chi connectivity index (χ1n) is 10.9. The molecular formula is C27H24N2O5. The summed E-state index contributed by atoms with van der Waals surface area (Å²) in [6.07, 6.45) is -0.493. The van der Waals surface area contributed by atoms with Crippen LogP contribution in [0.2, 0.25) is 0 Å². The third-order valence-corrected chi connectivity index (χ3v) is 5.94. The van der Waals surface area contributed by atoms with Crippen molar-refractivity contribution >= 4 is 24.2 Å². The van der Waals surface area contributed by atoms with Crippen molar-refractivity contribution in [3.05, 3.63) is 108 Å². The Morgan fingerprint density at radius 1 is 0.912 bits per heavy atom. The van der Waals surface area contributed by atoms with E-state index in [4.69, 9.17) is 4.74 Å². The van der Waals surface area contributed by atoms with E-state index >= 15 is 0 Å². The Hall–Kier alpha value is -4.26. The summed E-state index contributed by atoms with van der Waals surface area (Å²) in [6, 6.07) is 24.8. The predicted molar refractivity (Wildman–Crippen MR) is 124 cm³/mol. The Morgan fingerprint density at radius 2 is 1.44 bits per heavy atom. The summed E-state index contributed by atoms with van der Waals surface area (Å²) in [5.41, 5.74) is -0.238. The molecule has 34 heavy (non-hydrogen) atoms. The maximum Gasteiger partial charge on any atom is 0.418 e. The van der Waals surface area contributed by atoms with Crippen LogP contribution in [-0.4, -0.2) is 34.7 Å². The highest BCUT2D eigenvalue weighted by molar-refractivity contribution is 6.17. The van der Waals surface area contributed by atoms with Crippen molar-refractivity contribution in [2.75, 3.05) is 0 Å². The molecule has 1 fully saturated rings. The number of amides is 3. The van der Waals surface area contributed by atoms with Crippen LogP contribution in [0.1, 0.15) is 35.7 Å². The van der Waals surface area contributed by atoms with E-state index < -0.39 is 35.6 Å². The molecule has 3 atom stereocenters. The fraction of sp³-hybridized carbons (Fsp3) is 0.185. The molecule has 0 radical (unpaired) electrons. The monoisotopic (exact) mass is 456 g/mol. The van der Waals surface area contributed by atoms with Gasteiger partial charge in [-0.15, -0.1) is 0 Å². The van der Waals surface area contributed by atoms with E-state index in [1.807, 2.05) is 6.07 Å². The second kappa shape index (κ2) is 9.70. The molecule has 3 aromatic rings. The molecule has 1 heterocycles. The van der Waals surface area contributed by atoms with E-state index in [2.05, 4.69) is 5.32 Å². The third kappa shape index (κ3) is 4.32. The molecule has 1 aliphatic heterocycles. The van der Waals surface area contributed by atoms with Crippen LogP contribution in [-0.2, 0) is 25.5 Å². The van der Waals surface area contributed by atoms with Crippen LogP contribution in [0.4, 0.5) is 4.79 Å². The minimum Gasteiger partial charge on any atom is -0.422 e. The van der Waals surface area contributed by atoms with Crippen molar-refractivity contribution in [3.8, 4) is 0 Å². The van der Waals surface area contributed by atoms with Crippen LogP contribution in [0.5, 0.6) is 0 Å². The zero-order chi connectivity index (χ0) is 24.1. The maximum absolute atomic E-state index is 13.7. The number of rotatable bonds is 8. The molecule has 3 aromatic carbocycles. The van der Waals surface area contributed by atoms with Gasteiger partial charge in [0.25, 0.3) is 17.4 Å². The first-order chi connectivity index (χ1) is 16.5. The van der Waals surface area contributed by atoms with Crippen LogP contribution in [0.3, 0.4) is 0 Å². The highest BCUT2D eigenvalue weighted by Crippen LogP contribution is 2.35. The lowest BCUT2D eigenvalue weighted by molar-refractivity contribution is -0.150. The van der Waals surface area contributed by atoms with Crippen molar-refractivity contribution in [2.45, 2.75) is 31.0 Å². The number of hydrogen-bond donors (Lipinski definition) is 1. The molecule has 0 spiro atoms. The van der Waals surface area contributed by atoms with Gasteiger partial charge in [-0.05, 0) is 23.6 Å². The lowest BCUT2D eigenvalue weighted by atomic mass is 9.91. The van der Waals surface area contributed by atoms with E-state index in [0.717, 1.165) is 10.5 Å². The van der Waals surface area contributed by atoms with Crippen molar-refractivity contribution < 1.29 is 23.9 Å². The van der Waals surface area contributed by atoms with Gasteiger partial charge in [-0.3, -0.25) is 9.59 Å². The van der Waals surface area contributed by atoms with E-state index in [1.54, 1.807) is 91.9 Å². The zero-order valence-electron chi connectivity index (χ0n) is 18.6. The summed E-state index contributed by atoms with van der Waals surface area (Å²) in [4.78, 5) is 53.1. The Bertz CT molecular complexity index is 1180. The average molecular weight is 456 g/mol. The summed E-state index contributed by atoms with van der Waals surface area (Å²) >= 11 is 0. The summed E-state index contributed by atoms with van der Waals surface area (Å²) in [5, 5.41) is 2.60. The van der Waals surface area contributed by atoms with Gasteiger partial charge in [0.1, 0.15) is 12.3 Å². The van der Waals surface area contributed by atoms with Gasteiger partial charge in [-0.1, -0.05) is 91.0 Å². The van der Waals surface area contributed by atoms with Crippen LogP contribution in [0, 0.1) is 0 Å². The number of cyclic esters (lactones) is 1. The smallest absolute Gasteiger partial charge is 0.418 e. The molecule has 172 valence electrons. The fourth-order valence-corrected chi connectivity index (χ4v) is 4.07. The largest absolute Gasteiger partial charge is 0.422 e. The van der Waals surface area contributed by atoms with Gasteiger partial charge >= 0.3 is 6.09 Å².